The molecule has 0 aromatic carbocycles. The van der Waals surface area contributed by atoms with Crippen LogP contribution >= 0.6 is 0 Å². The van der Waals surface area contributed by atoms with Gasteiger partial charge in [-0.3, -0.25) is 14.5 Å². The van der Waals surface area contributed by atoms with E-state index in [9.17, 15) is 9.59 Å². The second-order valence-corrected chi connectivity index (χ2v) is 5.14. The molecule has 6 nitrogen and oxygen atoms in total. The first-order chi connectivity index (χ1) is 9.40. The van der Waals surface area contributed by atoms with Gasteiger partial charge in [0.15, 0.2) is 0 Å². The number of carbonyl (C=O) groups excluding carboxylic acids is 1. The predicted molar refractivity (Wildman–Crippen MR) is 79.8 cm³/mol. The molecule has 0 unspecified atom stereocenters. The Labute approximate surface area is 122 Å². The van der Waals surface area contributed by atoms with Crippen molar-refractivity contribution in [3.63, 3.8) is 0 Å². The van der Waals surface area contributed by atoms with E-state index in [0.717, 1.165) is 19.6 Å². The molecule has 20 heavy (non-hydrogen) atoms. The standard InChI is InChI=1S/C14H29N3O3/c1-5-17(6-2)13(18)8-7-9-16(12-14(19)20)11-10-15(3)4/h5-12H2,1-4H3,(H,19,20). The van der Waals surface area contributed by atoms with Crippen LogP contribution in [0.4, 0.5) is 0 Å². The van der Waals surface area contributed by atoms with Crippen LogP contribution in [-0.4, -0.2) is 85.0 Å². The van der Waals surface area contributed by atoms with E-state index in [4.69, 9.17) is 5.11 Å². The molecule has 0 saturated heterocycles. The molecule has 0 heterocycles. The first-order valence-corrected chi connectivity index (χ1v) is 7.27. The molecule has 0 aliphatic rings. The van der Waals surface area contributed by atoms with Crippen LogP contribution in [0.15, 0.2) is 0 Å². The van der Waals surface area contributed by atoms with Crippen LogP contribution in [0.3, 0.4) is 0 Å². The molecular formula is C14H29N3O3. The third-order valence-electron chi connectivity index (χ3n) is 3.20. The summed E-state index contributed by atoms with van der Waals surface area (Å²) in [7, 11) is 3.92. The minimum atomic E-state index is -0.821. The largest absolute Gasteiger partial charge is 0.480 e. The van der Waals surface area contributed by atoms with E-state index in [-0.39, 0.29) is 12.5 Å². The highest BCUT2D eigenvalue weighted by molar-refractivity contribution is 5.76. The lowest BCUT2D eigenvalue weighted by Gasteiger charge is -2.23. The van der Waals surface area contributed by atoms with Crippen LogP contribution in [0.5, 0.6) is 0 Å². The Kier molecular flexibility index (Phi) is 10.0. The summed E-state index contributed by atoms with van der Waals surface area (Å²) in [5, 5.41) is 8.89. The molecule has 0 rings (SSSR count). The second kappa shape index (κ2) is 10.6. The molecule has 0 aliphatic heterocycles. The Hall–Kier alpha value is -1.14. The Bertz CT molecular complexity index is 291. The summed E-state index contributed by atoms with van der Waals surface area (Å²) in [6, 6.07) is 0. The fourth-order valence-electron chi connectivity index (χ4n) is 1.99. The molecule has 0 spiro atoms. The van der Waals surface area contributed by atoms with Crippen molar-refractivity contribution in [1.82, 2.24) is 14.7 Å². The number of carbonyl (C=O) groups is 2. The number of amides is 1. The third-order valence-corrected chi connectivity index (χ3v) is 3.20. The summed E-state index contributed by atoms with van der Waals surface area (Å²) in [6.45, 7) is 7.60. The number of hydrogen-bond acceptors (Lipinski definition) is 4. The van der Waals surface area contributed by atoms with Crippen molar-refractivity contribution in [2.75, 3.05) is 53.4 Å². The number of rotatable bonds is 11. The quantitative estimate of drug-likeness (QED) is 0.602. The summed E-state index contributed by atoms with van der Waals surface area (Å²) in [4.78, 5) is 28.4. The van der Waals surface area contributed by atoms with Gasteiger partial charge in [-0.25, -0.2) is 0 Å². The monoisotopic (exact) mass is 287 g/mol. The molecule has 0 aliphatic carbocycles. The Morgan fingerprint density at radius 2 is 1.60 bits per heavy atom. The molecule has 0 radical (unpaired) electrons. The number of aliphatic carboxylic acids is 1. The van der Waals surface area contributed by atoms with Crippen LogP contribution in [-0.2, 0) is 9.59 Å². The van der Waals surface area contributed by atoms with Crippen LogP contribution in [0.1, 0.15) is 26.7 Å². The molecule has 0 saturated carbocycles. The van der Waals surface area contributed by atoms with E-state index in [0.29, 0.717) is 25.9 Å². The zero-order valence-corrected chi connectivity index (χ0v) is 13.3. The minimum Gasteiger partial charge on any atom is -0.480 e. The Morgan fingerprint density at radius 1 is 1.00 bits per heavy atom. The molecule has 6 heteroatoms. The molecule has 0 fully saturated rings. The van der Waals surface area contributed by atoms with Crippen LogP contribution in [0.2, 0.25) is 0 Å². The molecule has 1 amide bonds. The first-order valence-electron chi connectivity index (χ1n) is 7.27. The number of carboxylic acid groups (broad SMARTS) is 1. The van der Waals surface area contributed by atoms with Gasteiger partial charge in [0.1, 0.15) is 0 Å². The molecule has 0 aromatic heterocycles. The average molecular weight is 287 g/mol. The van der Waals surface area contributed by atoms with Gasteiger partial charge >= 0.3 is 5.97 Å². The highest BCUT2D eigenvalue weighted by atomic mass is 16.4. The van der Waals surface area contributed by atoms with Crippen LogP contribution in [0, 0.1) is 0 Å². The smallest absolute Gasteiger partial charge is 0.317 e. The van der Waals surface area contributed by atoms with E-state index in [1.165, 1.54) is 0 Å². The van der Waals surface area contributed by atoms with Crippen molar-refractivity contribution < 1.29 is 14.7 Å². The molecule has 118 valence electrons. The molecule has 0 aromatic rings. The van der Waals surface area contributed by atoms with Crippen molar-refractivity contribution in [3.8, 4) is 0 Å². The molecule has 0 atom stereocenters. The lowest BCUT2D eigenvalue weighted by atomic mass is 10.2. The Morgan fingerprint density at radius 3 is 2.05 bits per heavy atom. The summed E-state index contributed by atoms with van der Waals surface area (Å²) in [6.07, 6.45) is 1.19. The number of hydrogen-bond donors (Lipinski definition) is 1. The second-order valence-electron chi connectivity index (χ2n) is 5.14. The van der Waals surface area contributed by atoms with Gasteiger partial charge in [0.25, 0.3) is 0 Å². The van der Waals surface area contributed by atoms with Crippen molar-refractivity contribution in [1.29, 1.82) is 0 Å². The maximum Gasteiger partial charge on any atom is 0.317 e. The normalized spacial score (nSPS) is 11.1. The van der Waals surface area contributed by atoms with Gasteiger partial charge in [-0.2, -0.15) is 0 Å². The summed E-state index contributed by atoms with van der Waals surface area (Å²) >= 11 is 0. The first kappa shape index (κ1) is 18.9. The molecule has 0 bridgehead atoms. The number of likely N-dealkylation sites (N-methyl/N-ethyl adjacent to an activating group) is 1. The topological polar surface area (TPSA) is 64.1 Å². The van der Waals surface area contributed by atoms with Crippen molar-refractivity contribution in [3.05, 3.63) is 0 Å². The minimum absolute atomic E-state index is 0.0350. The maximum atomic E-state index is 11.9. The van der Waals surface area contributed by atoms with Crippen LogP contribution < -0.4 is 0 Å². The molecule has 1 N–H and O–H groups in total. The SMILES string of the molecule is CCN(CC)C(=O)CCCN(CCN(C)C)CC(=O)O. The van der Waals surface area contributed by atoms with E-state index in [1.807, 2.05) is 37.7 Å². The van der Waals surface area contributed by atoms with Gasteiger partial charge in [0.05, 0.1) is 6.54 Å². The van der Waals surface area contributed by atoms with E-state index in [2.05, 4.69) is 0 Å². The van der Waals surface area contributed by atoms with Crippen molar-refractivity contribution in [2.24, 2.45) is 0 Å². The van der Waals surface area contributed by atoms with Gasteiger partial charge in [0, 0.05) is 32.6 Å². The Balaban J connectivity index is 4.11. The van der Waals surface area contributed by atoms with E-state index < -0.39 is 5.97 Å². The third kappa shape index (κ3) is 8.87. The van der Waals surface area contributed by atoms with Gasteiger partial charge in [-0.1, -0.05) is 0 Å². The van der Waals surface area contributed by atoms with Crippen molar-refractivity contribution in [2.45, 2.75) is 26.7 Å². The van der Waals surface area contributed by atoms with Gasteiger partial charge in [-0.15, -0.1) is 0 Å². The van der Waals surface area contributed by atoms with Gasteiger partial charge in [0.2, 0.25) is 5.91 Å². The predicted octanol–water partition coefficient (Wildman–Crippen LogP) is 0.583. The number of nitrogens with zero attached hydrogens (tertiary/aromatic N) is 3. The van der Waals surface area contributed by atoms with E-state index in [1.54, 1.807) is 4.90 Å². The van der Waals surface area contributed by atoms with E-state index >= 15 is 0 Å². The highest BCUT2D eigenvalue weighted by Crippen LogP contribution is 2.01. The summed E-state index contributed by atoms with van der Waals surface area (Å²) in [5.74, 6) is -0.670. The lowest BCUT2D eigenvalue weighted by molar-refractivity contribution is -0.138. The summed E-state index contributed by atoms with van der Waals surface area (Å²) < 4.78 is 0. The van der Waals surface area contributed by atoms with Crippen molar-refractivity contribution >= 4 is 11.9 Å². The fourth-order valence-corrected chi connectivity index (χ4v) is 1.99. The fraction of sp³-hybridized carbons (Fsp3) is 0.857. The molecular weight excluding hydrogens is 258 g/mol. The zero-order chi connectivity index (χ0) is 15.5. The maximum absolute atomic E-state index is 11.9. The van der Waals surface area contributed by atoms with Gasteiger partial charge < -0.3 is 14.9 Å². The highest BCUT2D eigenvalue weighted by Gasteiger charge is 2.13. The van der Waals surface area contributed by atoms with Gasteiger partial charge in [-0.05, 0) is 40.9 Å². The zero-order valence-electron chi connectivity index (χ0n) is 13.3. The lowest BCUT2D eigenvalue weighted by Crippen LogP contribution is -2.37. The van der Waals surface area contributed by atoms with Crippen LogP contribution in [0.25, 0.3) is 0 Å². The average Bonchev–Trinajstić information content (AvgIpc) is 2.36. The number of carboxylic acids is 1. The summed E-state index contributed by atoms with van der Waals surface area (Å²) in [5.41, 5.74) is 0.